The zero-order valence-corrected chi connectivity index (χ0v) is 11.7. The molecule has 0 aliphatic heterocycles. The Balaban J connectivity index is 3.03. The predicted octanol–water partition coefficient (Wildman–Crippen LogP) is 1.31. The first-order valence-corrected chi connectivity index (χ1v) is 7.25. The molecule has 18 heavy (non-hydrogen) atoms. The van der Waals surface area contributed by atoms with E-state index < -0.39 is 15.3 Å². The number of nitrogens with two attached hydrogens (primary N) is 1. The van der Waals surface area contributed by atoms with Gasteiger partial charge in [0.2, 0.25) is 10.0 Å². The molecule has 0 saturated heterocycles. The number of benzene rings is 1. The molecule has 0 heterocycles. The zero-order valence-electron chi connectivity index (χ0n) is 10.8. The Morgan fingerprint density at radius 2 is 1.94 bits per heavy atom. The summed E-state index contributed by atoms with van der Waals surface area (Å²) < 4.78 is 33.1. The van der Waals surface area contributed by atoms with Gasteiger partial charge in [-0.1, -0.05) is 13.0 Å². The fourth-order valence-corrected chi connectivity index (χ4v) is 2.64. The lowest BCUT2D eigenvalue weighted by Gasteiger charge is -2.15. The third-order valence-electron chi connectivity index (χ3n) is 2.86. The average molecular weight is 273 g/mol. The van der Waals surface area contributed by atoms with Crippen LogP contribution in [0.1, 0.15) is 18.9 Å². The van der Waals surface area contributed by atoms with Gasteiger partial charge in [0.1, 0.15) is 11.5 Å². The van der Waals surface area contributed by atoms with Gasteiger partial charge in [0.25, 0.3) is 0 Å². The van der Waals surface area contributed by atoms with E-state index in [2.05, 4.69) is 0 Å². The van der Waals surface area contributed by atoms with Crippen molar-refractivity contribution in [1.29, 1.82) is 0 Å². The summed E-state index contributed by atoms with van der Waals surface area (Å²) in [5, 5.41) is 4.59. The minimum atomic E-state index is -3.54. The molecule has 0 spiro atoms. The van der Waals surface area contributed by atoms with E-state index in [4.69, 9.17) is 14.6 Å². The minimum absolute atomic E-state index is 0.336. The molecule has 0 fully saturated rings. The standard InChI is InChI=1S/C12H19NO4S/c1-4-11(18(13,14)15)7-9-5-6-10(16-2)8-12(9)17-3/h5-6,8,11H,4,7H2,1-3H3,(H2,13,14,15). The molecule has 0 aromatic heterocycles. The van der Waals surface area contributed by atoms with Crippen molar-refractivity contribution in [2.45, 2.75) is 25.0 Å². The molecule has 1 unspecified atom stereocenters. The molecule has 0 radical (unpaired) electrons. The van der Waals surface area contributed by atoms with E-state index in [-0.39, 0.29) is 0 Å². The molecule has 102 valence electrons. The van der Waals surface area contributed by atoms with E-state index in [1.54, 1.807) is 32.2 Å². The van der Waals surface area contributed by atoms with Crippen LogP contribution in [-0.4, -0.2) is 27.9 Å². The molecular formula is C12H19NO4S. The van der Waals surface area contributed by atoms with E-state index in [1.807, 2.05) is 0 Å². The van der Waals surface area contributed by atoms with Gasteiger partial charge in [-0.2, -0.15) is 0 Å². The van der Waals surface area contributed by atoms with E-state index in [1.165, 1.54) is 7.11 Å². The Labute approximate surface area is 108 Å². The van der Waals surface area contributed by atoms with Gasteiger partial charge in [0.05, 0.1) is 19.5 Å². The van der Waals surface area contributed by atoms with Crippen LogP contribution in [0.4, 0.5) is 0 Å². The van der Waals surface area contributed by atoms with Crippen molar-refractivity contribution >= 4 is 10.0 Å². The van der Waals surface area contributed by atoms with Crippen molar-refractivity contribution in [2.75, 3.05) is 14.2 Å². The second-order valence-corrected chi connectivity index (χ2v) is 5.85. The van der Waals surface area contributed by atoms with Crippen LogP contribution in [0.5, 0.6) is 11.5 Å². The van der Waals surface area contributed by atoms with Crippen LogP contribution >= 0.6 is 0 Å². The Morgan fingerprint density at radius 3 is 2.39 bits per heavy atom. The topological polar surface area (TPSA) is 78.6 Å². The lowest BCUT2D eigenvalue weighted by atomic mass is 10.1. The smallest absolute Gasteiger partial charge is 0.212 e. The molecule has 0 aliphatic carbocycles. The molecule has 0 aliphatic rings. The Hall–Kier alpha value is -1.27. The van der Waals surface area contributed by atoms with Crippen LogP contribution in [0, 0.1) is 0 Å². The molecule has 2 N–H and O–H groups in total. The number of hydrogen-bond acceptors (Lipinski definition) is 4. The average Bonchev–Trinajstić information content (AvgIpc) is 2.34. The van der Waals surface area contributed by atoms with E-state index >= 15 is 0 Å². The maximum Gasteiger partial charge on any atom is 0.212 e. The van der Waals surface area contributed by atoms with Crippen molar-refractivity contribution in [3.05, 3.63) is 23.8 Å². The number of hydrogen-bond donors (Lipinski definition) is 1. The van der Waals surface area contributed by atoms with Crippen LogP contribution in [0.3, 0.4) is 0 Å². The first-order chi connectivity index (χ1) is 8.42. The summed E-state index contributed by atoms with van der Waals surface area (Å²) in [6.07, 6.45) is 0.802. The highest BCUT2D eigenvalue weighted by Crippen LogP contribution is 2.26. The number of rotatable bonds is 6. The van der Waals surface area contributed by atoms with Crippen molar-refractivity contribution in [3.8, 4) is 11.5 Å². The molecule has 1 atom stereocenters. The predicted molar refractivity (Wildman–Crippen MR) is 70.4 cm³/mol. The first kappa shape index (κ1) is 14.8. The Kier molecular flexibility index (Phi) is 4.98. The van der Waals surface area contributed by atoms with Crippen molar-refractivity contribution < 1.29 is 17.9 Å². The van der Waals surface area contributed by atoms with Crippen molar-refractivity contribution in [1.82, 2.24) is 0 Å². The van der Waals surface area contributed by atoms with Gasteiger partial charge in [-0.25, -0.2) is 13.6 Å². The summed E-state index contributed by atoms with van der Waals surface area (Å²) in [5.74, 6) is 1.27. The van der Waals surface area contributed by atoms with Gasteiger partial charge in [0.15, 0.2) is 0 Å². The summed E-state index contributed by atoms with van der Waals surface area (Å²) in [5.41, 5.74) is 0.805. The van der Waals surface area contributed by atoms with Gasteiger partial charge >= 0.3 is 0 Å². The summed E-state index contributed by atoms with van der Waals surface area (Å²) in [6, 6.07) is 5.30. The van der Waals surface area contributed by atoms with Crippen molar-refractivity contribution in [3.63, 3.8) is 0 Å². The third-order valence-corrected chi connectivity index (χ3v) is 4.29. The fraction of sp³-hybridized carbons (Fsp3) is 0.500. The molecule has 1 rings (SSSR count). The molecule has 0 amide bonds. The zero-order chi connectivity index (χ0) is 13.8. The maximum absolute atomic E-state index is 11.4. The van der Waals surface area contributed by atoms with Gasteiger partial charge in [-0.15, -0.1) is 0 Å². The molecule has 6 heteroatoms. The largest absolute Gasteiger partial charge is 0.497 e. The van der Waals surface area contributed by atoms with Gasteiger partial charge in [0, 0.05) is 6.07 Å². The molecule has 0 bridgehead atoms. The summed E-state index contributed by atoms with van der Waals surface area (Å²) >= 11 is 0. The van der Waals surface area contributed by atoms with E-state index in [0.29, 0.717) is 24.3 Å². The number of primary sulfonamides is 1. The third kappa shape index (κ3) is 3.61. The van der Waals surface area contributed by atoms with Crippen LogP contribution in [0.25, 0.3) is 0 Å². The molecule has 1 aromatic rings. The second kappa shape index (κ2) is 6.06. The minimum Gasteiger partial charge on any atom is -0.497 e. The van der Waals surface area contributed by atoms with Gasteiger partial charge in [-0.3, -0.25) is 0 Å². The fourth-order valence-electron chi connectivity index (χ4n) is 1.76. The lowest BCUT2D eigenvalue weighted by Crippen LogP contribution is -2.29. The van der Waals surface area contributed by atoms with Crippen LogP contribution in [0.2, 0.25) is 0 Å². The summed E-state index contributed by atoms with van der Waals surface area (Å²) in [7, 11) is -0.440. The van der Waals surface area contributed by atoms with Crippen LogP contribution < -0.4 is 14.6 Å². The molecule has 0 saturated carbocycles. The summed E-state index contributed by atoms with van der Waals surface area (Å²) in [4.78, 5) is 0. The first-order valence-electron chi connectivity index (χ1n) is 5.64. The highest BCUT2D eigenvalue weighted by molar-refractivity contribution is 7.89. The second-order valence-electron chi connectivity index (χ2n) is 4.00. The maximum atomic E-state index is 11.4. The number of ether oxygens (including phenoxy) is 2. The highest BCUT2D eigenvalue weighted by Gasteiger charge is 2.21. The highest BCUT2D eigenvalue weighted by atomic mass is 32.2. The van der Waals surface area contributed by atoms with Crippen LogP contribution in [-0.2, 0) is 16.4 Å². The Morgan fingerprint density at radius 1 is 1.28 bits per heavy atom. The number of sulfonamides is 1. The van der Waals surface area contributed by atoms with E-state index in [9.17, 15) is 8.42 Å². The lowest BCUT2D eigenvalue weighted by molar-refractivity contribution is 0.390. The number of methoxy groups -OCH3 is 2. The van der Waals surface area contributed by atoms with Gasteiger partial charge in [-0.05, 0) is 24.5 Å². The quantitative estimate of drug-likeness (QED) is 0.847. The molecule has 1 aromatic carbocycles. The molecule has 5 nitrogen and oxygen atoms in total. The SMILES string of the molecule is CCC(Cc1ccc(OC)cc1OC)S(N)(=O)=O. The molecular weight excluding hydrogens is 254 g/mol. The normalized spacial score (nSPS) is 13.1. The Bertz CT molecular complexity index is 499. The van der Waals surface area contributed by atoms with Crippen molar-refractivity contribution in [2.24, 2.45) is 5.14 Å². The van der Waals surface area contributed by atoms with Crippen LogP contribution in [0.15, 0.2) is 18.2 Å². The van der Waals surface area contributed by atoms with Gasteiger partial charge < -0.3 is 9.47 Å². The van der Waals surface area contributed by atoms with E-state index in [0.717, 1.165) is 5.56 Å². The summed E-state index contributed by atoms with van der Waals surface area (Å²) in [6.45, 7) is 1.80. The monoisotopic (exact) mass is 273 g/mol.